The monoisotopic (exact) mass is 326 g/mol. The zero-order chi connectivity index (χ0) is 16.2. The normalized spacial score (nSPS) is 21.0. The Kier molecular flexibility index (Phi) is 5.15. The van der Waals surface area contributed by atoms with Crippen molar-refractivity contribution in [1.29, 1.82) is 0 Å². The van der Waals surface area contributed by atoms with Gasteiger partial charge in [0.25, 0.3) is 0 Å². The average molecular weight is 326 g/mol. The SMILES string of the molecule is CCOC(=O)[C@@H](C)OC1=NS(=O)(=O)NC1Cc1ccccc1. The first-order chi connectivity index (χ1) is 10.4. The van der Waals surface area contributed by atoms with E-state index < -0.39 is 28.3 Å². The largest absolute Gasteiger partial charge is 0.464 e. The molecule has 7 nitrogen and oxygen atoms in total. The van der Waals surface area contributed by atoms with Crippen LogP contribution in [0.1, 0.15) is 19.4 Å². The van der Waals surface area contributed by atoms with Crippen molar-refractivity contribution in [2.75, 3.05) is 6.61 Å². The summed E-state index contributed by atoms with van der Waals surface area (Å²) in [5.41, 5.74) is 0.928. The quantitative estimate of drug-likeness (QED) is 0.808. The third-order valence-electron chi connectivity index (χ3n) is 3.00. The lowest BCUT2D eigenvalue weighted by molar-refractivity contribution is -0.151. The van der Waals surface area contributed by atoms with Gasteiger partial charge in [0.1, 0.15) is 6.04 Å². The van der Waals surface area contributed by atoms with Crippen molar-refractivity contribution in [3.05, 3.63) is 35.9 Å². The topological polar surface area (TPSA) is 94.1 Å². The third-order valence-corrected chi connectivity index (χ3v) is 4.00. The molecule has 22 heavy (non-hydrogen) atoms. The van der Waals surface area contributed by atoms with E-state index in [1.807, 2.05) is 30.3 Å². The third kappa shape index (κ3) is 4.28. The molecule has 1 N–H and O–H groups in total. The smallest absolute Gasteiger partial charge is 0.347 e. The summed E-state index contributed by atoms with van der Waals surface area (Å²) in [5.74, 6) is -0.586. The van der Waals surface area contributed by atoms with Gasteiger partial charge in [0.2, 0.25) is 5.90 Å². The second-order valence-corrected chi connectivity index (χ2v) is 6.15. The van der Waals surface area contributed by atoms with Crippen LogP contribution >= 0.6 is 0 Å². The van der Waals surface area contributed by atoms with Crippen molar-refractivity contribution in [2.45, 2.75) is 32.4 Å². The first kappa shape index (κ1) is 16.4. The molecule has 120 valence electrons. The van der Waals surface area contributed by atoms with Gasteiger partial charge in [-0.05, 0) is 25.8 Å². The predicted octanol–water partition coefficient (Wildman–Crippen LogP) is 0.812. The molecular weight excluding hydrogens is 308 g/mol. The van der Waals surface area contributed by atoms with Crippen LogP contribution in [0.15, 0.2) is 34.7 Å². The zero-order valence-electron chi connectivity index (χ0n) is 12.4. The number of carbonyl (C=O) groups is 1. The van der Waals surface area contributed by atoms with E-state index in [2.05, 4.69) is 9.12 Å². The molecule has 0 saturated carbocycles. The average Bonchev–Trinajstić information content (AvgIpc) is 2.74. The highest BCUT2D eigenvalue weighted by Gasteiger charge is 2.34. The molecule has 2 atom stereocenters. The van der Waals surface area contributed by atoms with Gasteiger partial charge < -0.3 is 9.47 Å². The molecule has 2 rings (SSSR count). The molecule has 8 heteroatoms. The molecule has 0 aliphatic carbocycles. The number of hydrogen-bond acceptors (Lipinski definition) is 5. The molecule has 0 radical (unpaired) electrons. The number of nitrogens with one attached hydrogen (secondary N) is 1. The molecule has 0 saturated heterocycles. The number of nitrogens with zero attached hydrogens (tertiary/aromatic N) is 1. The summed E-state index contributed by atoms with van der Waals surface area (Å²) >= 11 is 0. The highest BCUT2D eigenvalue weighted by molar-refractivity contribution is 7.88. The summed E-state index contributed by atoms with van der Waals surface area (Å²) in [5, 5.41) is 0. The molecule has 0 fully saturated rings. The van der Waals surface area contributed by atoms with Crippen molar-refractivity contribution in [2.24, 2.45) is 4.40 Å². The Bertz CT molecular complexity index is 657. The minimum atomic E-state index is -3.79. The van der Waals surface area contributed by atoms with Gasteiger partial charge in [0.15, 0.2) is 6.10 Å². The van der Waals surface area contributed by atoms with Crippen molar-refractivity contribution >= 4 is 22.1 Å². The van der Waals surface area contributed by atoms with Gasteiger partial charge in [-0.25, -0.2) is 4.79 Å². The lowest BCUT2D eigenvalue weighted by Crippen LogP contribution is -2.38. The van der Waals surface area contributed by atoms with Crippen LogP contribution in [0.2, 0.25) is 0 Å². The van der Waals surface area contributed by atoms with E-state index in [0.29, 0.717) is 6.42 Å². The molecule has 0 amide bonds. The molecule has 1 aromatic carbocycles. The molecule has 1 aromatic rings. The number of rotatable bonds is 5. The van der Waals surface area contributed by atoms with Crippen LogP contribution in [0.5, 0.6) is 0 Å². The van der Waals surface area contributed by atoms with Gasteiger partial charge in [-0.15, -0.1) is 4.40 Å². The van der Waals surface area contributed by atoms with Gasteiger partial charge in [-0.2, -0.15) is 13.1 Å². The van der Waals surface area contributed by atoms with Crippen LogP contribution in [0.4, 0.5) is 0 Å². The second kappa shape index (κ2) is 6.89. The summed E-state index contributed by atoms with van der Waals surface area (Å²) in [4.78, 5) is 11.6. The Morgan fingerprint density at radius 3 is 2.68 bits per heavy atom. The Hall–Kier alpha value is -1.93. The molecule has 1 aliphatic heterocycles. The maximum Gasteiger partial charge on any atom is 0.347 e. The van der Waals surface area contributed by atoms with Gasteiger partial charge in [0, 0.05) is 0 Å². The highest BCUT2D eigenvalue weighted by Crippen LogP contribution is 2.14. The van der Waals surface area contributed by atoms with E-state index in [-0.39, 0.29) is 12.5 Å². The standard InChI is InChI=1S/C14H18N2O5S/c1-3-20-14(17)10(2)21-13-12(15-22(18,19)16-13)9-11-7-5-4-6-8-11/h4-8,10,12,15H,3,9H2,1-2H3/t10-,12?/m1/s1. The van der Waals surface area contributed by atoms with Crippen LogP contribution in [0.3, 0.4) is 0 Å². The highest BCUT2D eigenvalue weighted by atomic mass is 32.2. The van der Waals surface area contributed by atoms with Crippen LogP contribution in [0.25, 0.3) is 0 Å². The molecule has 0 bridgehead atoms. The summed E-state index contributed by atoms with van der Waals surface area (Å²) in [7, 11) is -3.79. The first-order valence-corrected chi connectivity index (χ1v) is 8.34. The first-order valence-electron chi connectivity index (χ1n) is 6.90. The summed E-state index contributed by atoms with van der Waals surface area (Å²) in [6.45, 7) is 3.40. The Morgan fingerprint density at radius 1 is 1.36 bits per heavy atom. The second-order valence-electron chi connectivity index (χ2n) is 4.78. The van der Waals surface area contributed by atoms with Crippen LogP contribution < -0.4 is 4.72 Å². The fraction of sp³-hybridized carbons (Fsp3) is 0.429. The fourth-order valence-corrected chi connectivity index (χ4v) is 3.01. The fourth-order valence-electron chi connectivity index (χ4n) is 2.01. The Balaban J connectivity index is 2.10. The molecule has 1 unspecified atom stereocenters. The molecule has 1 aliphatic rings. The van der Waals surface area contributed by atoms with Gasteiger partial charge in [0.05, 0.1) is 6.61 Å². The van der Waals surface area contributed by atoms with E-state index in [1.54, 1.807) is 6.92 Å². The van der Waals surface area contributed by atoms with Crippen molar-refractivity contribution in [3.8, 4) is 0 Å². The number of benzene rings is 1. The van der Waals surface area contributed by atoms with Crippen LogP contribution in [-0.4, -0.2) is 39.0 Å². The molecular formula is C14H18N2O5S. The Morgan fingerprint density at radius 2 is 2.05 bits per heavy atom. The maximum atomic E-state index is 11.6. The van der Waals surface area contributed by atoms with Crippen molar-refractivity contribution in [3.63, 3.8) is 0 Å². The predicted molar refractivity (Wildman–Crippen MR) is 80.6 cm³/mol. The lowest BCUT2D eigenvalue weighted by atomic mass is 10.1. The summed E-state index contributed by atoms with van der Waals surface area (Å²) in [6, 6.07) is 8.70. The minimum Gasteiger partial charge on any atom is -0.464 e. The zero-order valence-corrected chi connectivity index (χ0v) is 13.2. The van der Waals surface area contributed by atoms with E-state index in [0.717, 1.165) is 5.56 Å². The lowest BCUT2D eigenvalue weighted by Gasteiger charge is -2.17. The van der Waals surface area contributed by atoms with E-state index in [4.69, 9.17) is 9.47 Å². The minimum absolute atomic E-state index is 0.0237. The molecule has 0 spiro atoms. The Labute approximate surface area is 129 Å². The van der Waals surface area contributed by atoms with Gasteiger partial charge >= 0.3 is 16.2 Å². The number of ether oxygens (including phenoxy) is 2. The molecule has 0 aromatic heterocycles. The number of carbonyl (C=O) groups excluding carboxylic acids is 1. The van der Waals surface area contributed by atoms with Crippen molar-refractivity contribution in [1.82, 2.24) is 4.72 Å². The maximum absolute atomic E-state index is 11.6. The van der Waals surface area contributed by atoms with E-state index in [1.165, 1.54) is 6.92 Å². The summed E-state index contributed by atoms with van der Waals surface area (Å²) in [6.07, 6.45) is -0.541. The van der Waals surface area contributed by atoms with Crippen LogP contribution in [0, 0.1) is 0 Å². The van der Waals surface area contributed by atoms with E-state index in [9.17, 15) is 13.2 Å². The van der Waals surface area contributed by atoms with E-state index >= 15 is 0 Å². The summed E-state index contributed by atoms with van der Waals surface area (Å²) < 4.78 is 39.4. The number of hydrogen-bond donors (Lipinski definition) is 1. The van der Waals surface area contributed by atoms with Gasteiger partial charge in [-0.1, -0.05) is 30.3 Å². The number of esters is 1. The van der Waals surface area contributed by atoms with Crippen LogP contribution in [-0.2, 0) is 30.9 Å². The van der Waals surface area contributed by atoms with Gasteiger partial charge in [-0.3, -0.25) is 0 Å². The van der Waals surface area contributed by atoms with Crippen molar-refractivity contribution < 1.29 is 22.7 Å². The molecule has 1 heterocycles.